The molecule has 8 heteroatoms. The molecule has 0 saturated carbocycles. The molecule has 1 aromatic heterocycles. The smallest absolute Gasteiger partial charge is 0.255 e. The first-order valence-corrected chi connectivity index (χ1v) is 11.3. The average molecular weight is 425 g/mol. The Kier molecular flexibility index (Phi) is 5.44. The molecule has 30 heavy (non-hydrogen) atoms. The van der Waals surface area contributed by atoms with Gasteiger partial charge < -0.3 is 5.32 Å². The molecule has 2 heterocycles. The maximum Gasteiger partial charge on any atom is 0.255 e. The number of nitrogens with zero attached hydrogens (tertiary/aromatic N) is 3. The third kappa shape index (κ3) is 3.76. The maximum absolute atomic E-state index is 12.9. The predicted molar refractivity (Wildman–Crippen MR) is 115 cm³/mol. The number of benzene rings is 2. The van der Waals surface area contributed by atoms with E-state index in [-0.39, 0.29) is 10.8 Å². The zero-order chi connectivity index (χ0) is 21.3. The Balaban J connectivity index is 1.60. The molecule has 0 aliphatic carbocycles. The van der Waals surface area contributed by atoms with Crippen LogP contribution in [0.15, 0.2) is 59.5 Å². The number of rotatable bonds is 5. The molecule has 7 nitrogen and oxygen atoms in total. The number of nitrogens with one attached hydrogen (secondary N) is 1. The fourth-order valence-electron chi connectivity index (χ4n) is 3.71. The zero-order valence-corrected chi connectivity index (χ0v) is 17.8. The van der Waals surface area contributed by atoms with Crippen LogP contribution in [0.3, 0.4) is 0 Å². The minimum absolute atomic E-state index is 0.144. The first-order valence-electron chi connectivity index (χ1n) is 9.91. The van der Waals surface area contributed by atoms with Crippen LogP contribution in [0.25, 0.3) is 5.69 Å². The van der Waals surface area contributed by atoms with E-state index in [9.17, 15) is 13.2 Å². The van der Waals surface area contributed by atoms with Crippen LogP contribution >= 0.6 is 0 Å². The van der Waals surface area contributed by atoms with E-state index in [4.69, 9.17) is 0 Å². The Morgan fingerprint density at radius 1 is 1.00 bits per heavy atom. The molecule has 2 aromatic carbocycles. The average Bonchev–Trinajstić information content (AvgIpc) is 3.39. The highest BCUT2D eigenvalue weighted by Gasteiger charge is 2.27. The number of para-hydroxylation sites is 1. The van der Waals surface area contributed by atoms with Gasteiger partial charge in [-0.1, -0.05) is 24.3 Å². The van der Waals surface area contributed by atoms with Crippen molar-refractivity contribution in [1.29, 1.82) is 0 Å². The van der Waals surface area contributed by atoms with Crippen LogP contribution in [0.5, 0.6) is 0 Å². The van der Waals surface area contributed by atoms with E-state index in [2.05, 4.69) is 10.4 Å². The van der Waals surface area contributed by atoms with Crippen molar-refractivity contribution in [3.63, 3.8) is 0 Å². The fourth-order valence-corrected chi connectivity index (χ4v) is 5.27. The number of hydrogen-bond acceptors (Lipinski definition) is 4. The van der Waals surface area contributed by atoms with Gasteiger partial charge in [0, 0.05) is 18.7 Å². The maximum atomic E-state index is 12.9. The van der Waals surface area contributed by atoms with Gasteiger partial charge in [-0.2, -0.15) is 9.40 Å². The second-order valence-electron chi connectivity index (χ2n) is 7.39. The molecular formula is C22H24N4O3S. The minimum atomic E-state index is -3.58. The van der Waals surface area contributed by atoms with Crippen molar-refractivity contribution in [2.45, 2.75) is 31.6 Å². The second-order valence-corrected chi connectivity index (χ2v) is 9.32. The normalized spacial score (nSPS) is 14.7. The molecule has 156 valence electrons. The lowest BCUT2D eigenvalue weighted by Gasteiger charge is -2.16. The highest BCUT2D eigenvalue weighted by atomic mass is 32.2. The molecule has 0 atom stereocenters. The highest BCUT2D eigenvalue weighted by molar-refractivity contribution is 7.89. The molecule has 0 radical (unpaired) electrons. The Bertz CT molecular complexity index is 1180. The van der Waals surface area contributed by atoms with Crippen molar-refractivity contribution in [1.82, 2.24) is 14.1 Å². The summed E-state index contributed by atoms with van der Waals surface area (Å²) in [4.78, 5) is 13.1. The predicted octanol–water partition coefficient (Wildman–Crippen LogP) is 3.53. The quantitative estimate of drug-likeness (QED) is 0.679. The van der Waals surface area contributed by atoms with Gasteiger partial charge in [-0.05, 0) is 57.0 Å². The lowest BCUT2D eigenvalue weighted by molar-refractivity contribution is 0.102. The second kappa shape index (κ2) is 8.04. The number of hydrogen-bond donors (Lipinski definition) is 1. The van der Waals surface area contributed by atoms with Gasteiger partial charge in [-0.3, -0.25) is 4.79 Å². The monoisotopic (exact) mass is 424 g/mol. The van der Waals surface area contributed by atoms with Crippen molar-refractivity contribution >= 4 is 21.6 Å². The number of sulfonamides is 1. The summed E-state index contributed by atoms with van der Waals surface area (Å²) in [7, 11) is -3.58. The van der Waals surface area contributed by atoms with Gasteiger partial charge >= 0.3 is 0 Å². The van der Waals surface area contributed by atoms with Crippen LogP contribution in [0.4, 0.5) is 5.69 Å². The van der Waals surface area contributed by atoms with Crippen LogP contribution in [0, 0.1) is 13.8 Å². The Labute approximate surface area is 176 Å². The minimum Gasteiger partial charge on any atom is -0.319 e. The topological polar surface area (TPSA) is 84.3 Å². The van der Waals surface area contributed by atoms with Crippen molar-refractivity contribution < 1.29 is 13.2 Å². The van der Waals surface area contributed by atoms with Crippen LogP contribution in [0.2, 0.25) is 0 Å². The van der Waals surface area contributed by atoms with E-state index in [1.165, 1.54) is 16.4 Å². The summed E-state index contributed by atoms with van der Waals surface area (Å²) in [5, 5.41) is 7.44. The van der Waals surface area contributed by atoms with Gasteiger partial charge in [0.2, 0.25) is 10.0 Å². The van der Waals surface area contributed by atoms with Gasteiger partial charge in [0.25, 0.3) is 5.91 Å². The van der Waals surface area contributed by atoms with Crippen molar-refractivity contribution in [3.8, 4) is 5.69 Å². The molecule has 1 saturated heterocycles. The largest absolute Gasteiger partial charge is 0.319 e. The van der Waals surface area contributed by atoms with E-state index in [0.29, 0.717) is 30.0 Å². The molecule has 0 bridgehead atoms. The van der Waals surface area contributed by atoms with E-state index < -0.39 is 10.0 Å². The summed E-state index contributed by atoms with van der Waals surface area (Å²) in [6.45, 7) is 4.76. The Morgan fingerprint density at radius 2 is 1.70 bits per heavy atom. The molecule has 4 rings (SSSR count). The standard InChI is InChI=1S/C22H24N4O3S/c1-16-21(17(2)26(24-16)19-10-4-3-5-11-19)23-22(27)18-9-8-12-20(15-18)30(28,29)25-13-6-7-14-25/h3-5,8-12,15H,6-7,13-14H2,1-2H3,(H,23,27). The van der Waals surface area contributed by atoms with Gasteiger partial charge in [0.15, 0.2) is 0 Å². The first-order chi connectivity index (χ1) is 14.4. The lowest BCUT2D eigenvalue weighted by Crippen LogP contribution is -2.28. The van der Waals surface area contributed by atoms with E-state index in [1.54, 1.807) is 16.8 Å². The van der Waals surface area contributed by atoms with E-state index >= 15 is 0 Å². The molecular weight excluding hydrogens is 400 g/mol. The van der Waals surface area contributed by atoms with Crippen LogP contribution < -0.4 is 5.32 Å². The summed E-state index contributed by atoms with van der Waals surface area (Å²) in [5.74, 6) is -0.368. The molecule has 1 aliphatic rings. The van der Waals surface area contributed by atoms with E-state index in [0.717, 1.165) is 24.2 Å². The van der Waals surface area contributed by atoms with Crippen molar-refractivity contribution in [2.24, 2.45) is 0 Å². The molecule has 1 aliphatic heterocycles. The number of anilines is 1. The number of aryl methyl sites for hydroxylation is 1. The molecule has 1 N–H and O–H groups in total. The molecule has 0 unspecified atom stereocenters. The summed E-state index contributed by atoms with van der Waals surface area (Å²) in [5.41, 5.74) is 3.30. The van der Waals surface area contributed by atoms with Crippen LogP contribution in [0.1, 0.15) is 34.6 Å². The molecule has 1 amide bonds. The third-order valence-corrected chi connectivity index (χ3v) is 7.22. The van der Waals surface area contributed by atoms with Crippen LogP contribution in [-0.4, -0.2) is 41.5 Å². The highest BCUT2D eigenvalue weighted by Crippen LogP contribution is 2.25. The van der Waals surface area contributed by atoms with Crippen molar-refractivity contribution in [2.75, 3.05) is 18.4 Å². The summed E-state index contributed by atoms with van der Waals surface area (Å²) >= 11 is 0. The summed E-state index contributed by atoms with van der Waals surface area (Å²) in [6.07, 6.45) is 1.73. The van der Waals surface area contributed by atoms with Gasteiger partial charge in [-0.25, -0.2) is 13.1 Å². The van der Waals surface area contributed by atoms with Gasteiger partial charge in [-0.15, -0.1) is 0 Å². The molecule has 1 fully saturated rings. The SMILES string of the molecule is Cc1nn(-c2ccccc2)c(C)c1NC(=O)c1cccc(S(=O)(=O)N2CCCC2)c1. The van der Waals surface area contributed by atoms with Gasteiger partial charge in [0.1, 0.15) is 0 Å². The fraction of sp³-hybridized carbons (Fsp3) is 0.273. The lowest BCUT2D eigenvalue weighted by atomic mass is 10.2. The molecule has 0 spiro atoms. The number of carbonyl (C=O) groups excluding carboxylic acids is 1. The van der Waals surface area contributed by atoms with Crippen molar-refractivity contribution in [3.05, 3.63) is 71.5 Å². The molecule has 3 aromatic rings. The summed E-state index contributed by atoms with van der Waals surface area (Å²) in [6, 6.07) is 15.9. The summed E-state index contributed by atoms with van der Waals surface area (Å²) < 4.78 is 28.9. The number of carbonyl (C=O) groups is 1. The Morgan fingerprint density at radius 3 is 2.40 bits per heavy atom. The zero-order valence-electron chi connectivity index (χ0n) is 17.0. The van der Waals surface area contributed by atoms with E-state index in [1.807, 2.05) is 44.2 Å². The van der Waals surface area contributed by atoms with Crippen LogP contribution in [-0.2, 0) is 10.0 Å². The third-order valence-electron chi connectivity index (χ3n) is 5.33. The Hall–Kier alpha value is -2.97. The number of amides is 1. The number of aromatic nitrogens is 2. The first kappa shape index (κ1) is 20.3. The van der Waals surface area contributed by atoms with Gasteiger partial charge in [0.05, 0.1) is 27.7 Å².